The molecule has 0 radical (unpaired) electrons. The van der Waals surface area contributed by atoms with E-state index in [0.29, 0.717) is 22.1 Å². The smallest absolute Gasteiger partial charge is 0.145 e. The topological polar surface area (TPSA) is 60.7 Å². The van der Waals surface area contributed by atoms with Crippen molar-refractivity contribution in [2.45, 2.75) is 26.7 Å². The van der Waals surface area contributed by atoms with E-state index in [-0.39, 0.29) is 5.41 Å². The third-order valence-electron chi connectivity index (χ3n) is 3.78. The van der Waals surface area contributed by atoms with Gasteiger partial charge in [0.05, 0.1) is 16.3 Å². The van der Waals surface area contributed by atoms with Crippen LogP contribution in [-0.2, 0) is 0 Å². The fourth-order valence-electron chi connectivity index (χ4n) is 2.32. The highest BCUT2D eigenvalue weighted by Gasteiger charge is 2.26. The Morgan fingerprint density at radius 2 is 2.21 bits per heavy atom. The largest absolute Gasteiger partial charge is 0.368 e. The van der Waals surface area contributed by atoms with Crippen LogP contribution in [0.1, 0.15) is 31.0 Å². The second-order valence-corrected chi connectivity index (χ2v) is 5.88. The molecule has 1 aromatic rings. The molecule has 2 rings (SSSR count). The molecular weight excluding hydrogens is 260 g/mol. The maximum Gasteiger partial charge on any atom is 0.145 e. The van der Waals surface area contributed by atoms with Crippen molar-refractivity contribution < 1.29 is 0 Å². The van der Waals surface area contributed by atoms with Crippen LogP contribution in [0.25, 0.3) is 0 Å². The third-order valence-corrected chi connectivity index (χ3v) is 4.07. The zero-order valence-electron chi connectivity index (χ0n) is 11.4. The van der Waals surface area contributed by atoms with E-state index in [0.717, 1.165) is 32.5 Å². The molecule has 0 amide bonds. The Hall–Kier alpha value is -1.31. The molecule has 0 aromatic carbocycles. The lowest BCUT2D eigenvalue weighted by atomic mass is 9.81. The average Bonchev–Trinajstić information content (AvgIpc) is 2.40. The van der Waals surface area contributed by atoms with Gasteiger partial charge in [-0.2, -0.15) is 5.26 Å². The molecular formula is C14H19ClN4. The molecule has 19 heavy (non-hydrogen) atoms. The van der Waals surface area contributed by atoms with E-state index in [9.17, 15) is 0 Å². The van der Waals surface area contributed by atoms with Crippen molar-refractivity contribution in [3.8, 4) is 6.07 Å². The SMILES string of the molecule is Cc1nc(NCC2(C)CCNCC2)c(Cl)cc1C#N. The van der Waals surface area contributed by atoms with Gasteiger partial charge in [-0.05, 0) is 44.3 Å². The molecule has 5 heteroatoms. The Kier molecular flexibility index (Phi) is 4.28. The molecule has 1 aliphatic heterocycles. The standard InChI is InChI=1S/C14H19ClN4/c1-10-11(8-16)7-12(15)13(19-10)18-9-14(2)3-5-17-6-4-14/h7,17H,3-6,9H2,1-2H3,(H,18,19). The van der Waals surface area contributed by atoms with Crippen molar-refractivity contribution in [3.63, 3.8) is 0 Å². The average molecular weight is 279 g/mol. The predicted octanol–water partition coefficient (Wildman–Crippen LogP) is 2.72. The maximum absolute atomic E-state index is 8.93. The van der Waals surface area contributed by atoms with Gasteiger partial charge in [0.15, 0.2) is 0 Å². The van der Waals surface area contributed by atoms with E-state index in [2.05, 4.69) is 28.6 Å². The van der Waals surface area contributed by atoms with Crippen LogP contribution in [0.15, 0.2) is 6.07 Å². The van der Waals surface area contributed by atoms with Gasteiger partial charge >= 0.3 is 0 Å². The summed E-state index contributed by atoms with van der Waals surface area (Å²) in [5, 5.41) is 16.1. The minimum atomic E-state index is 0.276. The van der Waals surface area contributed by atoms with Crippen LogP contribution in [-0.4, -0.2) is 24.6 Å². The Morgan fingerprint density at radius 3 is 2.84 bits per heavy atom. The molecule has 1 aromatic heterocycles. The molecule has 1 saturated heterocycles. The van der Waals surface area contributed by atoms with Gasteiger partial charge in [-0.3, -0.25) is 0 Å². The van der Waals surface area contributed by atoms with Crippen molar-refractivity contribution in [3.05, 3.63) is 22.3 Å². The lowest BCUT2D eigenvalue weighted by Crippen LogP contribution is -2.39. The predicted molar refractivity (Wildman–Crippen MR) is 77.4 cm³/mol. The van der Waals surface area contributed by atoms with Gasteiger partial charge in [-0.15, -0.1) is 0 Å². The van der Waals surface area contributed by atoms with E-state index in [1.165, 1.54) is 0 Å². The number of pyridine rings is 1. The number of aromatic nitrogens is 1. The molecule has 0 unspecified atom stereocenters. The summed E-state index contributed by atoms with van der Waals surface area (Å²) in [5.74, 6) is 0.679. The van der Waals surface area contributed by atoms with Crippen LogP contribution < -0.4 is 10.6 Å². The molecule has 102 valence electrons. The van der Waals surface area contributed by atoms with Crippen molar-refractivity contribution in [1.29, 1.82) is 5.26 Å². The summed E-state index contributed by atoms with van der Waals surface area (Å²) in [7, 11) is 0. The number of aryl methyl sites for hydroxylation is 1. The van der Waals surface area contributed by atoms with Crippen LogP contribution in [0.5, 0.6) is 0 Å². The number of anilines is 1. The van der Waals surface area contributed by atoms with Crippen LogP contribution >= 0.6 is 11.6 Å². The number of hydrogen-bond donors (Lipinski definition) is 2. The molecule has 2 N–H and O–H groups in total. The monoisotopic (exact) mass is 278 g/mol. The maximum atomic E-state index is 8.93. The van der Waals surface area contributed by atoms with Gasteiger partial charge < -0.3 is 10.6 Å². The summed E-state index contributed by atoms with van der Waals surface area (Å²) in [5.41, 5.74) is 1.52. The number of nitrogens with zero attached hydrogens (tertiary/aromatic N) is 2. The van der Waals surface area contributed by atoms with Gasteiger partial charge in [-0.1, -0.05) is 18.5 Å². The zero-order chi connectivity index (χ0) is 13.9. The van der Waals surface area contributed by atoms with Crippen LogP contribution in [0, 0.1) is 23.7 Å². The second kappa shape index (κ2) is 5.77. The van der Waals surface area contributed by atoms with Crippen LogP contribution in [0.2, 0.25) is 5.02 Å². The number of nitriles is 1. The quantitative estimate of drug-likeness (QED) is 0.892. The number of piperidine rings is 1. The summed E-state index contributed by atoms with van der Waals surface area (Å²) < 4.78 is 0. The summed E-state index contributed by atoms with van der Waals surface area (Å²) in [6, 6.07) is 3.77. The Balaban J connectivity index is 2.07. The lowest BCUT2D eigenvalue weighted by Gasteiger charge is -2.34. The fraction of sp³-hybridized carbons (Fsp3) is 0.571. The second-order valence-electron chi connectivity index (χ2n) is 5.48. The number of rotatable bonds is 3. The van der Waals surface area contributed by atoms with Crippen molar-refractivity contribution in [2.24, 2.45) is 5.41 Å². The lowest BCUT2D eigenvalue weighted by molar-refractivity contribution is 0.247. The fourth-order valence-corrected chi connectivity index (χ4v) is 2.54. The van der Waals surface area contributed by atoms with Gasteiger partial charge in [0.1, 0.15) is 11.9 Å². The first-order chi connectivity index (χ1) is 9.04. The van der Waals surface area contributed by atoms with Crippen molar-refractivity contribution in [1.82, 2.24) is 10.3 Å². The van der Waals surface area contributed by atoms with Gasteiger partial charge in [0.25, 0.3) is 0 Å². The first-order valence-electron chi connectivity index (χ1n) is 6.56. The Labute approximate surface area is 119 Å². The molecule has 0 saturated carbocycles. The molecule has 0 spiro atoms. The number of nitrogens with one attached hydrogen (secondary N) is 2. The molecule has 0 bridgehead atoms. The first kappa shape index (κ1) is 14.1. The molecule has 2 heterocycles. The summed E-state index contributed by atoms with van der Waals surface area (Å²) >= 11 is 6.15. The summed E-state index contributed by atoms with van der Waals surface area (Å²) in [6.45, 7) is 7.09. The van der Waals surface area contributed by atoms with Crippen LogP contribution in [0.3, 0.4) is 0 Å². The highest BCUT2D eigenvalue weighted by molar-refractivity contribution is 6.33. The molecule has 1 aliphatic rings. The summed E-state index contributed by atoms with van der Waals surface area (Å²) in [4.78, 5) is 4.38. The third kappa shape index (κ3) is 3.37. The van der Waals surface area contributed by atoms with E-state index in [4.69, 9.17) is 16.9 Å². The number of halogens is 1. The Bertz CT molecular complexity index is 501. The highest BCUT2D eigenvalue weighted by Crippen LogP contribution is 2.29. The van der Waals surface area contributed by atoms with Gasteiger partial charge in [0.2, 0.25) is 0 Å². The minimum absolute atomic E-state index is 0.276. The zero-order valence-corrected chi connectivity index (χ0v) is 12.1. The molecule has 0 aliphatic carbocycles. The van der Waals surface area contributed by atoms with Crippen molar-refractivity contribution in [2.75, 3.05) is 25.0 Å². The van der Waals surface area contributed by atoms with E-state index >= 15 is 0 Å². The Morgan fingerprint density at radius 1 is 1.53 bits per heavy atom. The number of hydrogen-bond acceptors (Lipinski definition) is 4. The minimum Gasteiger partial charge on any atom is -0.368 e. The first-order valence-corrected chi connectivity index (χ1v) is 6.94. The van der Waals surface area contributed by atoms with Crippen molar-refractivity contribution >= 4 is 17.4 Å². The van der Waals surface area contributed by atoms with E-state index < -0.39 is 0 Å². The highest BCUT2D eigenvalue weighted by atomic mass is 35.5. The van der Waals surface area contributed by atoms with Crippen LogP contribution in [0.4, 0.5) is 5.82 Å². The normalized spacial score (nSPS) is 17.8. The van der Waals surface area contributed by atoms with Gasteiger partial charge in [0, 0.05) is 6.54 Å². The van der Waals surface area contributed by atoms with E-state index in [1.54, 1.807) is 6.07 Å². The van der Waals surface area contributed by atoms with E-state index in [1.807, 2.05) is 6.92 Å². The molecule has 1 fully saturated rings. The summed E-state index contributed by atoms with van der Waals surface area (Å²) in [6.07, 6.45) is 2.29. The van der Waals surface area contributed by atoms with Gasteiger partial charge in [-0.25, -0.2) is 4.98 Å². The molecule has 0 atom stereocenters. The molecule has 4 nitrogen and oxygen atoms in total.